The first-order valence-electron chi connectivity index (χ1n) is 10.7. The van der Waals surface area contributed by atoms with Crippen molar-refractivity contribution < 1.29 is 10.2 Å². The second-order valence-electron chi connectivity index (χ2n) is 8.56. The maximum absolute atomic E-state index is 12.3. The van der Waals surface area contributed by atoms with Gasteiger partial charge in [0.1, 0.15) is 5.60 Å². The van der Waals surface area contributed by atoms with Gasteiger partial charge in [-0.1, -0.05) is 92.8 Å². The highest BCUT2D eigenvalue weighted by molar-refractivity contribution is 5.46. The van der Waals surface area contributed by atoms with Gasteiger partial charge in [0, 0.05) is 0 Å². The summed E-state index contributed by atoms with van der Waals surface area (Å²) in [6.07, 6.45) is 8.54. The highest BCUT2D eigenvalue weighted by Crippen LogP contribution is 2.56. The fraction of sp³-hybridized carbons (Fsp3) is 0.520. The number of rotatable bonds is 4. The molecule has 2 unspecified atom stereocenters. The predicted octanol–water partition coefficient (Wildman–Crippen LogP) is 5.22. The van der Waals surface area contributed by atoms with Crippen LogP contribution in [0.5, 0.6) is 0 Å². The second kappa shape index (κ2) is 7.77. The van der Waals surface area contributed by atoms with E-state index in [1.807, 2.05) is 12.1 Å². The Labute approximate surface area is 163 Å². The van der Waals surface area contributed by atoms with E-state index in [0.29, 0.717) is 18.8 Å². The number of hydrogen-bond donors (Lipinski definition) is 2. The van der Waals surface area contributed by atoms with Crippen molar-refractivity contribution in [1.29, 1.82) is 0 Å². The first-order valence-corrected chi connectivity index (χ1v) is 10.7. The maximum atomic E-state index is 12.3. The Morgan fingerprint density at radius 3 is 1.74 bits per heavy atom. The smallest absolute Gasteiger partial charge is 0.104 e. The van der Waals surface area contributed by atoms with E-state index in [4.69, 9.17) is 0 Å². The summed E-state index contributed by atoms with van der Waals surface area (Å²) < 4.78 is 0. The summed E-state index contributed by atoms with van der Waals surface area (Å²) in [5.74, 6) is 0.341. The van der Waals surface area contributed by atoms with Gasteiger partial charge >= 0.3 is 0 Å². The minimum atomic E-state index is -1.13. The molecule has 0 aromatic heterocycles. The van der Waals surface area contributed by atoms with Gasteiger partial charge in [0.2, 0.25) is 0 Å². The number of aliphatic hydroxyl groups is 2. The summed E-state index contributed by atoms with van der Waals surface area (Å²) in [7, 11) is 0. The molecule has 0 amide bonds. The van der Waals surface area contributed by atoms with Crippen LogP contribution in [-0.4, -0.2) is 21.9 Å². The zero-order valence-electron chi connectivity index (χ0n) is 16.2. The third-order valence-corrected chi connectivity index (χ3v) is 7.20. The molecule has 0 aliphatic heterocycles. The fourth-order valence-corrected chi connectivity index (χ4v) is 6.03. The highest BCUT2D eigenvalue weighted by Gasteiger charge is 2.60. The van der Waals surface area contributed by atoms with Crippen molar-refractivity contribution in [1.82, 2.24) is 0 Å². The summed E-state index contributed by atoms with van der Waals surface area (Å²) in [5.41, 5.74) is 0.629. The Morgan fingerprint density at radius 1 is 0.704 bits per heavy atom. The van der Waals surface area contributed by atoms with Gasteiger partial charge in [0.15, 0.2) is 0 Å². The summed E-state index contributed by atoms with van der Waals surface area (Å²) >= 11 is 0. The first kappa shape index (κ1) is 18.7. The molecule has 2 nitrogen and oxygen atoms in total. The minimum Gasteiger partial charge on any atom is -0.390 e. The molecule has 4 rings (SSSR count). The molecule has 27 heavy (non-hydrogen) atoms. The molecule has 0 heterocycles. The monoisotopic (exact) mass is 364 g/mol. The molecule has 2 heteroatoms. The van der Waals surface area contributed by atoms with Crippen molar-refractivity contribution in [2.75, 3.05) is 0 Å². The lowest BCUT2D eigenvalue weighted by molar-refractivity contribution is -0.155. The average Bonchev–Trinajstić information content (AvgIpc) is 2.73. The zero-order chi connectivity index (χ0) is 18.7. The van der Waals surface area contributed by atoms with Gasteiger partial charge in [0.05, 0.1) is 11.5 Å². The van der Waals surface area contributed by atoms with Gasteiger partial charge in [-0.25, -0.2) is 0 Å². The van der Waals surface area contributed by atoms with Crippen LogP contribution in [0.15, 0.2) is 60.7 Å². The topological polar surface area (TPSA) is 40.5 Å². The maximum Gasteiger partial charge on any atom is 0.104 e. The molecule has 2 saturated carbocycles. The van der Waals surface area contributed by atoms with Crippen molar-refractivity contribution >= 4 is 0 Å². The van der Waals surface area contributed by atoms with E-state index in [1.165, 1.54) is 19.3 Å². The molecule has 0 spiro atoms. The zero-order valence-corrected chi connectivity index (χ0v) is 16.2. The largest absolute Gasteiger partial charge is 0.390 e. The highest BCUT2D eigenvalue weighted by atomic mass is 16.3. The van der Waals surface area contributed by atoms with Crippen molar-refractivity contribution in [2.24, 2.45) is 5.92 Å². The first-order chi connectivity index (χ1) is 13.2. The van der Waals surface area contributed by atoms with Crippen LogP contribution in [0.3, 0.4) is 0 Å². The molecule has 2 aromatic rings. The van der Waals surface area contributed by atoms with Crippen molar-refractivity contribution in [2.45, 2.75) is 74.9 Å². The van der Waals surface area contributed by atoms with Gasteiger partial charge in [-0.2, -0.15) is 0 Å². The lowest BCUT2D eigenvalue weighted by atomic mass is 9.50. The van der Waals surface area contributed by atoms with Crippen LogP contribution < -0.4 is 0 Å². The Kier molecular flexibility index (Phi) is 5.39. The number of hydrogen-bond acceptors (Lipinski definition) is 2. The summed E-state index contributed by atoms with van der Waals surface area (Å²) in [5, 5.41) is 23.4. The van der Waals surface area contributed by atoms with Gasteiger partial charge in [-0.05, 0) is 42.7 Å². The van der Waals surface area contributed by atoms with E-state index >= 15 is 0 Å². The van der Waals surface area contributed by atoms with Crippen molar-refractivity contribution in [3.05, 3.63) is 71.8 Å². The molecule has 2 atom stereocenters. The van der Waals surface area contributed by atoms with Crippen LogP contribution in [-0.2, 0) is 5.41 Å². The van der Waals surface area contributed by atoms with Crippen LogP contribution in [0, 0.1) is 5.92 Å². The van der Waals surface area contributed by atoms with E-state index in [2.05, 4.69) is 48.5 Å². The van der Waals surface area contributed by atoms with E-state index in [0.717, 1.165) is 36.8 Å². The standard InChI is InChI=1S/C25H32O2/c26-23-18-10-11-19-24(23,27)25(20-12-4-1-5-13-20,21-14-6-2-7-15-21)22-16-8-3-9-17-22/h1-2,4-7,12-15,22-23,26-27H,3,8-11,16-19H2. The third-order valence-electron chi connectivity index (χ3n) is 7.20. The molecule has 2 N–H and O–H groups in total. The third kappa shape index (κ3) is 3.03. The van der Waals surface area contributed by atoms with Crippen molar-refractivity contribution in [3.8, 4) is 0 Å². The molecule has 2 aromatic carbocycles. The molecule has 144 valence electrons. The Bertz CT molecular complexity index is 681. The summed E-state index contributed by atoms with van der Waals surface area (Å²) in [6.45, 7) is 0. The van der Waals surface area contributed by atoms with Crippen LogP contribution in [0.25, 0.3) is 0 Å². The molecule has 0 bridgehead atoms. The van der Waals surface area contributed by atoms with Crippen LogP contribution in [0.1, 0.15) is 68.9 Å². The van der Waals surface area contributed by atoms with Gasteiger partial charge in [-0.3, -0.25) is 0 Å². The van der Waals surface area contributed by atoms with Crippen molar-refractivity contribution in [3.63, 3.8) is 0 Å². The van der Waals surface area contributed by atoms with Crippen LogP contribution >= 0.6 is 0 Å². The summed E-state index contributed by atoms with van der Waals surface area (Å²) in [6, 6.07) is 21.1. The predicted molar refractivity (Wildman–Crippen MR) is 110 cm³/mol. The Hall–Kier alpha value is -1.64. The SMILES string of the molecule is OC1CCCCC1(O)C(c1ccccc1)(c1ccccc1)C1CCCCC1. The molecule has 2 aliphatic rings. The normalized spacial score (nSPS) is 27.4. The molecular weight excluding hydrogens is 332 g/mol. The van der Waals surface area contributed by atoms with E-state index < -0.39 is 17.1 Å². The second-order valence-corrected chi connectivity index (χ2v) is 8.56. The lowest BCUT2D eigenvalue weighted by Gasteiger charge is -2.57. The van der Waals surface area contributed by atoms with E-state index in [9.17, 15) is 10.2 Å². The number of aliphatic hydroxyl groups excluding tert-OH is 1. The Balaban J connectivity index is 1.99. The average molecular weight is 365 g/mol. The number of benzene rings is 2. The Morgan fingerprint density at radius 2 is 1.22 bits per heavy atom. The van der Waals surface area contributed by atoms with E-state index in [-0.39, 0.29) is 0 Å². The van der Waals surface area contributed by atoms with Gasteiger partial charge in [0.25, 0.3) is 0 Å². The van der Waals surface area contributed by atoms with Crippen LogP contribution in [0.2, 0.25) is 0 Å². The van der Waals surface area contributed by atoms with E-state index in [1.54, 1.807) is 0 Å². The summed E-state index contributed by atoms with van der Waals surface area (Å²) in [4.78, 5) is 0. The lowest BCUT2D eigenvalue weighted by Crippen LogP contribution is -2.64. The van der Waals surface area contributed by atoms with Crippen LogP contribution in [0.4, 0.5) is 0 Å². The molecule has 0 saturated heterocycles. The van der Waals surface area contributed by atoms with Gasteiger partial charge in [-0.15, -0.1) is 0 Å². The van der Waals surface area contributed by atoms with Gasteiger partial charge < -0.3 is 10.2 Å². The quantitative estimate of drug-likeness (QED) is 0.781. The molecular formula is C25H32O2. The minimum absolute atomic E-state index is 0.341. The molecule has 2 fully saturated rings. The fourth-order valence-electron chi connectivity index (χ4n) is 6.03. The molecule has 2 aliphatic carbocycles. The molecule has 0 radical (unpaired) electrons.